The molecular weight excluding hydrogens is 130 g/mol. The van der Waals surface area contributed by atoms with Gasteiger partial charge in [0.15, 0.2) is 5.96 Å². The molecule has 0 rings (SSSR count). The van der Waals surface area contributed by atoms with E-state index >= 15 is 0 Å². The molecule has 0 saturated heterocycles. The molecule has 0 aliphatic heterocycles. The van der Waals surface area contributed by atoms with Gasteiger partial charge in [-0.2, -0.15) is 0 Å². The molecule has 0 aliphatic carbocycles. The lowest BCUT2D eigenvalue weighted by molar-refractivity contribution is 0.121. The third-order valence-electron chi connectivity index (χ3n) is 1.21. The van der Waals surface area contributed by atoms with Gasteiger partial charge in [0.05, 0.1) is 6.10 Å². The highest BCUT2D eigenvalue weighted by molar-refractivity contribution is 5.77. The van der Waals surface area contributed by atoms with Gasteiger partial charge in [-0.1, -0.05) is 0 Å². The molecule has 0 aromatic heterocycles. The van der Waals surface area contributed by atoms with Crippen LogP contribution in [0.1, 0.15) is 6.92 Å². The second-order valence-corrected chi connectivity index (χ2v) is 2.04. The zero-order valence-corrected chi connectivity index (χ0v) is 6.72. The van der Waals surface area contributed by atoms with Crippen molar-refractivity contribution in [3.05, 3.63) is 0 Å². The van der Waals surface area contributed by atoms with Gasteiger partial charge in [0, 0.05) is 20.7 Å². The summed E-state index contributed by atoms with van der Waals surface area (Å²) in [6, 6.07) is 0. The lowest BCUT2D eigenvalue weighted by atomic mass is 10.4. The third-order valence-corrected chi connectivity index (χ3v) is 1.21. The van der Waals surface area contributed by atoms with Crippen molar-refractivity contribution in [3.8, 4) is 0 Å². The Bertz CT molecular complexity index is 114. The molecule has 0 radical (unpaired) electrons. The summed E-state index contributed by atoms with van der Waals surface area (Å²) in [7, 11) is 3.30. The maximum absolute atomic E-state index is 5.36. The van der Waals surface area contributed by atoms with E-state index in [2.05, 4.69) is 10.3 Å². The molecule has 3 N–H and O–H groups in total. The smallest absolute Gasteiger partial charge is 0.188 e. The molecule has 0 bridgehead atoms. The van der Waals surface area contributed by atoms with Crippen LogP contribution in [0.15, 0.2) is 4.99 Å². The minimum Gasteiger partial charge on any atom is -0.380 e. The zero-order valence-electron chi connectivity index (χ0n) is 6.72. The number of aliphatic imine (C=N–C) groups is 1. The number of rotatable bonds is 3. The van der Waals surface area contributed by atoms with Gasteiger partial charge in [0.1, 0.15) is 0 Å². The molecule has 0 amide bonds. The van der Waals surface area contributed by atoms with Crippen LogP contribution in [0.4, 0.5) is 0 Å². The summed E-state index contributed by atoms with van der Waals surface area (Å²) in [5.41, 5.74) is 5.36. The predicted octanol–water partition coefficient (Wildman–Crippen LogP) is -0.445. The van der Waals surface area contributed by atoms with Crippen molar-refractivity contribution < 1.29 is 4.74 Å². The number of guanidine groups is 1. The monoisotopic (exact) mass is 145 g/mol. The molecule has 0 spiro atoms. The van der Waals surface area contributed by atoms with Crippen LogP contribution in [-0.4, -0.2) is 32.8 Å². The zero-order chi connectivity index (χ0) is 7.98. The average molecular weight is 145 g/mol. The third kappa shape index (κ3) is 4.14. The van der Waals surface area contributed by atoms with E-state index in [0.29, 0.717) is 12.5 Å². The Morgan fingerprint density at radius 2 is 2.40 bits per heavy atom. The van der Waals surface area contributed by atoms with Crippen LogP contribution >= 0.6 is 0 Å². The molecule has 4 heteroatoms. The molecule has 0 aromatic rings. The Kier molecular flexibility index (Phi) is 4.66. The lowest BCUT2D eigenvalue weighted by Crippen LogP contribution is -2.36. The fourth-order valence-corrected chi connectivity index (χ4v) is 0.411. The second-order valence-electron chi connectivity index (χ2n) is 2.04. The molecule has 10 heavy (non-hydrogen) atoms. The first-order valence-corrected chi connectivity index (χ1v) is 3.19. The van der Waals surface area contributed by atoms with Gasteiger partial charge in [-0.05, 0) is 6.92 Å². The van der Waals surface area contributed by atoms with Crippen LogP contribution in [0, 0.1) is 0 Å². The minimum absolute atomic E-state index is 0.167. The fraction of sp³-hybridized carbons (Fsp3) is 0.833. The van der Waals surface area contributed by atoms with Crippen molar-refractivity contribution in [2.24, 2.45) is 10.7 Å². The Morgan fingerprint density at radius 3 is 2.80 bits per heavy atom. The first kappa shape index (κ1) is 9.23. The number of nitrogens with zero attached hydrogens (tertiary/aromatic N) is 1. The van der Waals surface area contributed by atoms with Crippen LogP contribution in [0.3, 0.4) is 0 Å². The van der Waals surface area contributed by atoms with E-state index in [-0.39, 0.29) is 6.10 Å². The number of nitrogens with two attached hydrogens (primary N) is 1. The lowest BCUT2D eigenvalue weighted by Gasteiger charge is -2.10. The topological polar surface area (TPSA) is 59.6 Å². The number of methoxy groups -OCH3 is 1. The van der Waals surface area contributed by atoms with Crippen LogP contribution in [-0.2, 0) is 4.74 Å². The van der Waals surface area contributed by atoms with E-state index in [0.717, 1.165) is 0 Å². The number of hydrogen-bond acceptors (Lipinski definition) is 2. The molecule has 0 saturated carbocycles. The SMILES string of the molecule is CN=C(N)NCC(C)OC. The highest BCUT2D eigenvalue weighted by Gasteiger charge is 1.97. The second kappa shape index (κ2) is 5.05. The van der Waals surface area contributed by atoms with E-state index in [1.54, 1.807) is 14.2 Å². The standard InChI is InChI=1S/C6H15N3O/c1-5(10-3)4-9-6(7)8-2/h5H,4H2,1-3H3,(H3,7,8,9). The summed E-state index contributed by atoms with van der Waals surface area (Å²) in [5, 5.41) is 2.89. The number of hydrogen-bond donors (Lipinski definition) is 2. The summed E-state index contributed by atoms with van der Waals surface area (Å²) < 4.78 is 4.97. The van der Waals surface area contributed by atoms with Crippen molar-refractivity contribution in [3.63, 3.8) is 0 Å². The summed E-state index contributed by atoms with van der Waals surface area (Å²) in [6.07, 6.45) is 0.167. The molecule has 0 aromatic carbocycles. The molecule has 1 atom stereocenters. The molecule has 0 aliphatic rings. The average Bonchev–Trinajstić information content (AvgIpc) is 1.99. The van der Waals surface area contributed by atoms with E-state index in [1.165, 1.54) is 0 Å². The molecular formula is C6H15N3O. The Hall–Kier alpha value is -0.770. The van der Waals surface area contributed by atoms with Crippen molar-refractivity contribution >= 4 is 5.96 Å². The Labute approximate surface area is 61.5 Å². The molecule has 0 heterocycles. The normalized spacial score (nSPS) is 14.9. The van der Waals surface area contributed by atoms with E-state index in [1.807, 2.05) is 6.92 Å². The van der Waals surface area contributed by atoms with Gasteiger partial charge in [0.2, 0.25) is 0 Å². The van der Waals surface area contributed by atoms with Gasteiger partial charge in [-0.15, -0.1) is 0 Å². The number of nitrogens with one attached hydrogen (secondary N) is 1. The summed E-state index contributed by atoms with van der Waals surface area (Å²) in [4.78, 5) is 3.72. The van der Waals surface area contributed by atoms with Crippen molar-refractivity contribution in [2.45, 2.75) is 13.0 Å². The van der Waals surface area contributed by atoms with E-state index in [9.17, 15) is 0 Å². The Morgan fingerprint density at radius 1 is 1.80 bits per heavy atom. The van der Waals surface area contributed by atoms with Gasteiger partial charge in [-0.3, -0.25) is 4.99 Å². The van der Waals surface area contributed by atoms with E-state index in [4.69, 9.17) is 10.5 Å². The van der Waals surface area contributed by atoms with Gasteiger partial charge in [0.25, 0.3) is 0 Å². The summed E-state index contributed by atoms with van der Waals surface area (Å²) in [5.74, 6) is 0.448. The number of ether oxygens (including phenoxy) is 1. The van der Waals surface area contributed by atoms with Gasteiger partial charge >= 0.3 is 0 Å². The molecule has 4 nitrogen and oxygen atoms in total. The first-order chi connectivity index (χ1) is 4.70. The van der Waals surface area contributed by atoms with Gasteiger partial charge < -0.3 is 15.8 Å². The molecule has 60 valence electrons. The summed E-state index contributed by atoms with van der Waals surface area (Å²) in [6.45, 7) is 2.65. The highest BCUT2D eigenvalue weighted by atomic mass is 16.5. The minimum atomic E-state index is 0.167. The highest BCUT2D eigenvalue weighted by Crippen LogP contribution is 1.82. The van der Waals surface area contributed by atoms with E-state index < -0.39 is 0 Å². The van der Waals surface area contributed by atoms with Crippen LogP contribution in [0.25, 0.3) is 0 Å². The van der Waals surface area contributed by atoms with Crippen molar-refractivity contribution in [1.29, 1.82) is 0 Å². The van der Waals surface area contributed by atoms with Crippen molar-refractivity contribution in [1.82, 2.24) is 5.32 Å². The maximum Gasteiger partial charge on any atom is 0.188 e. The van der Waals surface area contributed by atoms with Crippen molar-refractivity contribution in [2.75, 3.05) is 20.7 Å². The first-order valence-electron chi connectivity index (χ1n) is 3.19. The summed E-state index contributed by atoms with van der Waals surface area (Å²) >= 11 is 0. The predicted molar refractivity (Wildman–Crippen MR) is 42.0 cm³/mol. The van der Waals surface area contributed by atoms with Crippen LogP contribution < -0.4 is 11.1 Å². The molecule has 0 fully saturated rings. The van der Waals surface area contributed by atoms with Gasteiger partial charge in [-0.25, -0.2) is 0 Å². The largest absolute Gasteiger partial charge is 0.380 e. The quantitative estimate of drug-likeness (QED) is 0.418. The maximum atomic E-state index is 5.36. The van der Waals surface area contributed by atoms with Crippen LogP contribution in [0.2, 0.25) is 0 Å². The Balaban J connectivity index is 3.35. The van der Waals surface area contributed by atoms with Crippen LogP contribution in [0.5, 0.6) is 0 Å². The molecule has 1 unspecified atom stereocenters. The fourth-order valence-electron chi connectivity index (χ4n) is 0.411.